The molecule has 0 bridgehead atoms. The van der Waals surface area contributed by atoms with E-state index in [1.807, 2.05) is 12.3 Å². The molecule has 0 aliphatic carbocycles. The minimum Gasteiger partial charge on any atom is -0.382 e. The van der Waals surface area contributed by atoms with Gasteiger partial charge in [0.25, 0.3) is 0 Å². The van der Waals surface area contributed by atoms with Crippen molar-refractivity contribution in [1.82, 2.24) is 9.36 Å². The Morgan fingerprint density at radius 1 is 1.44 bits per heavy atom. The van der Waals surface area contributed by atoms with Gasteiger partial charge in [0.05, 0.1) is 16.3 Å². The molecule has 2 heterocycles. The first kappa shape index (κ1) is 13.3. The van der Waals surface area contributed by atoms with Gasteiger partial charge >= 0.3 is 0 Å². The number of nitrogen functional groups attached to an aromatic ring is 1. The second-order valence-corrected chi connectivity index (χ2v) is 6.09. The van der Waals surface area contributed by atoms with Gasteiger partial charge in [0.15, 0.2) is 0 Å². The zero-order valence-corrected chi connectivity index (χ0v) is 12.6. The molecular formula is C12H18N4S2. The number of aryl methyl sites for hydroxylation is 1. The number of nitrogens with zero attached hydrogens (tertiary/aromatic N) is 3. The highest BCUT2D eigenvalue weighted by Crippen LogP contribution is 2.39. The minimum atomic E-state index is 0.587. The summed E-state index contributed by atoms with van der Waals surface area (Å²) >= 11 is 3.10. The van der Waals surface area contributed by atoms with Crippen LogP contribution in [0.2, 0.25) is 0 Å². The van der Waals surface area contributed by atoms with E-state index in [2.05, 4.69) is 28.2 Å². The van der Waals surface area contributed by atoms with Gasteiger partial charge in [-0.25, -0.2) is 4.98 Å². The van der Waals surface area contributed by atoms with Crippen LogP contribution in [-0.4, -0.2) is 22.9 Å². The molecule has 0 atom stereocenters. The van der Waals surface area contributed by atoms with Gasteiger partial charge < -0.3 is 10.6 Å². The highest BCUT2D eigenvalue weighted by molar-refractivity contribution is 7.11. The first-order valence-corrected chi connectivity index (χ1v) is 7.67. The second-order valence-electron chi connectivity index (χ2n) is 4.27. The quantitative estimate of drug-likeness (QED) is 0.913. The van der Waals surface area contributed by atoms with Crippen LogP contribution in [-0.2, 0) is 0 Å². The predicted molar refractivity (Wildman–Crippen MR) is 80.5 cm³/mol. The standard InChI is InChI=1S/C12H18N4S2/c1-4-5-6-16(3)12-10(11(13)15-18-12)9-7-17-8(2)14-9/h7H,4-6H2,1-3H3,(H2,13,15). The van der Waals surface area contributed by atoms with Gasteiger partial charge in [-0.1, -0.05) is 13.3 Å². The van der Waals surface area contributed by atoms with Crippen molar-refractivity contribution >= 4 is 33.7 Å². The number of thiazole rings is 1. The molecule has 0 fully saturated rings. The fourth-order valence-electron chi connectivity index (χ4n) is 1.77. The predicted octanol–water partition coefficient (Wildman–Crippen LogP) is 3.39. The lowest BCUT2D eigenvalue weighted by atomic mass is 10.2. The number of rotatable bonds is 5. The van der Waals surface area contributed by atoms with E-state index in [1.165, 1.54) is 24.4 Å². The maximum atomic E-state index is 5.99. The highest BCUT2D eigenvalue weighted by atomic mass is 32.1. The Morgan fingerprint density at radius 2 is 2.22 bits per heavy atom. The molecule has 2 rings (SSSR count). The third kappa shape index (κ3) is 2.64. The van der Waals surface area contributed by atoms with Crippen molar-refractivity contribution in [3.8, 4) is 11.3 Å². The fraction of sp³-hybridized carbons (Fsp3) is 0.500. The largest absolute Gasteiger partial charge is 0.382 e. The van der Waals surface area contributed by atoms with Gasteiger partial charge in [-0.15, -0.1) is 11.3 Å². The third-order valence-electron chi connectivity index (χ3n) is 2.77. The number of nitrogens with two attached hydrogens (primary N) is 1. The summed E-state index contributed by atoms with van der Waals surface area (Å²) in [4.78, 5) is 6.74. The van der Waals surface area contributed by atoms with Crippen LogP contribution in [0.25, 0.3) is 11.3 Å². The molecule has 4 nitrogen and oxygen atoms in total. The molecule has 0 aromatic carbocycles. The summed E-state index contributed by atoms with van der Waals surface area (Å²) in [6.45, 7) is 5.22. The number of unbranched alkanes of at least 4 members (excludes halogenated alkanes) is 1. The van der Waals surface area contributed by atoms with E-state index < -0.39 is 0 Å². The Kier molecular flexibility index (Phi) is 4.19. The average molecular weight is 282 g/mol. The van der Waals surface area contributed by atoms with Crippen LogP contribution in [0.1, 0.15) is 24.8 Å². The normalized spacial score (nSPS) is 10.8. The lowest BCUT2D eigenvalue weighted by molar-refractivity contribution is 0.771. The fourth-order valence-corrected chi connectivity index (χ4v) is 3.18. The molecule has 0 aliphatic heterocycles. The molecule has 6 heteroatoms. The molecule has 0 amide bonds. The monoisotopic (exact) mass is 282 g/mol. The number of hydrogen-bond acceptors (Lipinski definition) is 6. The van der Waals surface area contributed by atoms with Crippen LogP contribution in [0.15, 0.2) is 5.38 Å². The Morgan fingerprint density at radius 3 is 2.83 bits per heavy atom. The van der Waals surface area contributed by atoms with Crippen LogP contribution in [0.4, 0.5) is 10.8 Å². The van der Waals surface area contributed by atoms with E-state index in [9.17, 15) is 0 Å². The van der Waals surface area contributed by atoms with E-state index >= 15 is 0 Å². The number of anilines is 2. The average Bonchev–Trinajstić information content (AvgIpc) is 2.92. The summed E-state index contributed by atoms with van der Waals surface area (Å²) in [5.41, 5.74) is 7.92. The van der Waals surface area contributed by atoms with Crippen LogP contribution in [0.5, 0.6) is 0 Å². The molecule has 0 spiro atoms. The van der Waals surface area contributed by atoms with Crippen molar-refractivity contribution in [1.29, 1.82) is 0 Å². The van der Waals surface area contributed by atoms with Crippen molar-refractivity contribution in [3.63, 3.8) is 0 Å². The number of aromatic nitrogens is 2. The topological polar surface area (TPSA) is 55.0 Å². The van der Waals surface area contributed by atoms with Crippen molar-refractivity contribution in [2.45, 2.75) is 26.7 Å². The van der Waals surface area contributed by atoms with Gasteiger partial charge in [-0.2, -0.15) is 4.37 Å². The Hall–Kier alpha value is -1.14. The van der Waals surface area contributed by atoms with Crippen LogP contribution < -0.4 is 10.6 Å². The SMILES string of the molecule is CCCCN(C)c1snc(N)c1-c1csc(C)n1. The molecule has 2 aromatic heterocycles. The maximum absolute atomic E-state index is 5.99. The van der Waals surface area contributed by atoms with Gasteiger partial charge in [-0.05, 0) is 24.9 Å². The van der Waals surface area contributed by atoms with E-state index in [-0.39, 0.29) is 0 Å². The maximum Gasteiger partial charge on any atom is 0.148 e. The van der Waals surface area contributed by atoms with E-state index in [0.717, 1.165) is 27.8 Å². The Labute approximate surface area is 116 Å². The summed E-state index contributed by atoms with van der Waals surface area (Å²) in [6, 6.07) is 0. The smallest absolute Gasteiger partial charge is 0.148 e. The highest BCUT2D eigenvalue weighted by Gasteiger charge is 2.18. The molecular weight excluding hydrogens is 264 g/mol. The zero-order valence-electron chi connectivity index (χ0n) is 10.9. The van der Waals surface area contributed by atoms with E-state index in [0.29, 0.717) is 5.82 Å². The van der Waals surface area contributed by atoms with Crippen LogP contribution in [0, 0.1) is 6.92 Å². The van der Waals surface area contributed by atoms with Crippen molar-refractivity contribution in [2.75, 3.05) is 24.2 Å². The summed E-state index contributed by atoms with van der Waals surface area (Å²) in [7, 11) is 2.09. The molecule has 0 aliphatic rings. The lowest BCUT2D eigenvalue weighted by Crippen LogP contribution is -2.17. The summed E-state index contributed by atoms with van der Waals surface area (Å²) < 4.78 is 4.27. The molecule has 98 valence electrons. The van der Waals surface area contributed by atoms with Crippen molar-refractivity contribution in [2.24, 2.45) is 0 Å². The van der Waals surface area contributed by atoms with Gasteiger partial charge in [0.2, 0.25) is 0 Å². The molecule has 2 N–H and O–H groups in total. The summed E-state index contributed by atoms with van der Waals surface area (Å²) in [5.74, 6) is 0.587. The Balaban J connectivity index is 2.32. The first-order chi connectivity index (χ1) is 8.63. The molecule has 0 unspecified atom stereocenters. The van der Waals surface area contributed by atoms with Crippen molar-refractivity contribution < 1.29 is 0 Å². The van der Waals surface area contributed by atoms with Gasteiger partial charge in [0.1, 0.15) is 10.8 Å². The zero-order chi connectivity index (χ0) is 13.1. The van der Waals surface area contributed by atoms with Gasteiger partial charge in [0, 0.05) is 19.0 Å². The third-order valence-corrected chi connectivity index (χ3v) is 4.52. The number of hydrogen-bond donors (Lipinski definition) is 1. The van der Waals surface area contributed by atoms with Gasteiger partial charge in [-0.3, -0.25) is 0 Å². The molecule has 0 saturated heterocycles. The molecule has 18 heavy (non-hydrogen) atoms. The van der Waals surface area contributed by atoms with E-state index in [1.54, 1.807) is 11.3 Å². The molecule has 2 aromatic rings. The minimum absolute atomic E-state index is 0.587. The first-order valence-electron chi connectivity index (χ1n) is 6.02. The van der Waals surface area contributed by atoms with Crippen LogP contribution in [0.3, 0.4) is 0 Å². The second kappa shape index (κ2) is 5.67. The van der Waals surface area contributed by atoms with E-state index in [4.69, 9.17) is 5.73 Å². The van der Waals surface area contributed by atoms with Crippen molar-refractivity contribution in [3.05, 3.63) is 10.4 Å². The molecule has 0 saturated carbocycles. The summed E-state index contributed by atoms with van der Waals surface area (Å²) in [5, 5.41) is 4.22. The Bertz CT molecular complexity index is 518. The summed E-state index contributed by atoms with van der Waals surface area (Å²) in [6.07, 6.45) is 2.35. The van der Waals surface area contributed by atoms with Crippen LogP contribution >= 0.6 is 22.9 Å². The lowest BCUT2D eigenvalue weighted by Gasteiger charge is -2.17. The molecule has 0 radical (unpaired) electrons.